The number of hydrogen-bond donors (Lipinski definition) is 1. The number of rotatable bonds is 5. The Labute approximate surface area is 88.5 Å². The van der Waals surface area contributed by atoms with E-state index < -0.39 is 0 Å². The highest BCUT2D eigenvalue weighted by atomic mass is 32.1. The summed E-state index contributed by atoms with van der Waals surface area (Å²) in [6.07, 6.45) is 0.423. The highest BCUT2D eigenvalue weighted by Crippen LogP contribution is 2.23. The van der Waals surface area contributed by atoms with E-state index in [0.29, 0.717) is 19.0 Å². The van der Waals surface area contributed by atoms with Crippen LogP contribution in [0, 0.1) is 0 Å². The lowest BCUT2D eigenvalue weighted by atomic mass is 10.2. The van der Waals surface area contributed by atoms with Gasteiger partial charge in [-0.3, -0.25) is 9.69 Å². The van der Waals surface area contributed by atoms with E-state index >= 15 is 0 Å². The Hall–Kier alpha value is -0.870. The molecule has 2 N–H and O–H groups in total. The van der Waals surface area contributed by atoms with Crippen molar-refractivity contribution in [2.75, 3.05) is 13.6 Å². The van der Waals surface area contributed by atoms with Gasteiger partial charge in [0.15, 0.2) is 0 Å². The van der Waals surface area contributed by atoms with Gasteiger partial charge in [0, 0.05) is 23.9 Å². The zero-order chi connectivity index (χ0) is 10.6. The first kappa shape index (κ1) is 11.2. The predicted octanol–water partition coefficient (Wildman–Crippen LogP) is 1.62. The maximum atomic E-state index is 10.6. The number of thiophene rings is 1. The fourth-order valence-corrected chi connectivity index (χ4v) is 2.07. The van der Waals surface area contributed by atoms with E-state index in [1.807, 2.05) is 13.1 Å². The van der Waals surface area contributed by atoms with Crippen molar-refractivity contribution in [3.8, 4) is 0 Å². The van der Waals surface area contributed by atoms with Crippen LogP contribution in [0.4, 0.5) is 0 Å². The maximum Gasteiger partial charge on any atom is 0.218 e. The molecule has 0 aromatic carbocycles. The lowest BCUT2D eigenvalue weighted by molar-refractivity contribution is -0.118. The molecule has 0 radical (unpaired) electrons. The van der Waals surface area contributed by atoms with Gasteiger partial charge in [-0.25, -0.2) is 0 Å². The van der Waals surface area contributed by atoms with Crippen molar-refractivity contribution in [3.63, 3.8) is 0 Å². The second-order valence-corrected chi connectivity index (χ2v) is 4.37. The van der Waals surface area contributed by atoms with Crippen molar-refractivity contribution in [1.82, 2.24) is 4.90 Å². The van der Waals surface area contributed by atoms with Crippen LogP contribution in [0.1, 0.15) is 24.3 Å². The van der Waals surface area contributed by atoms with Crippen LogP contribution in [0.15, 0.2) is 17.5 Å². The van der Waals surface area contributed by atoms with Gasteiger partial charge in [-0.15, -0.1) is 11.3 Å². The Morgan fingerprint density at radius 1 is 1.71 bits per heavy atom. The van der Waals surface area contributed by atoms with E-state index in [0.717, 1.165) is 0 Å². The molecule has 14 heavy (non-hydrogen) atoms. The van der Waals surface area contributed by atoms with Crippen molar-refractivity contribution in [1.29, 1.82) is 0 Å². The fourth-order valence-electron chi connectivity index (χ4n) is 1.23. The molecule has 1 rings (SSSR count). The minimum absolute atomic E-state index is 0.241. The maximum absolute atomic E-state index is 10.6. The third-order valence-electron chi connectivity index (χ3n) is 2.33. The number of nitrogens with zero attached hydrogens (tertiary/aromatic N) is 1. The first-order valence-electron chi connectivity index (χ1n) is 4.63. The molecule has 1 atom stereocenters. The number of carbonyl (C=O) groups is 1. The highest BCUT2D eigenvalue weighted by molar-refractivity contribution is 7.10. The molecular formula is C10H16N2OS. The monoisotopic (exact) mass is 212 g/mol. The van der Waals surface area contributed by atoms with Gasteiger partial charge in [-0.1, -0.05) is 6.07 Å². The van der Waals surface area contributed by atoms with Crippen LogP contribution in [0.5, 0.6) is 0 Å². The predicted molar refractivity (Wildman–Crippen MR) is 59.2 cm³/mol. The summed E-state index contributed by atoms with van der Waals surface area (Å²) in [5, 5.41) is 2.06. The van der Waals surface area contributed by atoms with Gasteiger partial charge < -0.3 is 5.73 Å². The van der Waals surface area contributed by atoms with E-state index in [1.54, 1.807) is 11.3 Å². The topological polar surface area (TPSA) is 46.3 Å². The standard InChI is InChI=1S/C10H16N2OS/c1-8(9-4-3-7-14-9)12(2)6-5-10(11)13/h3-4,7-8H,5-6H2,1-2H3,(H2,11,13). The Morgan fingerprint density at radius 2 is 2.43 bits per heavy atom. The third-order valence-corrected chi connectivity index (χ3v) is 3.37. The average molecular weight is 212 g/mol. The van der Waals surface area contributed by atoms with Crippen LogP contribution in [0.25, 0.3) is 0 Å². The lowest BCUT2D eigenvalue weighted by Gasteiger charge is -2.22. The summed E-state index contributed by atoms with van der Waals surface area (Å²) in [5.74, 6) is -0.241. The van der Waals surface area contributed by atoms with Gasteiger partial charge in [-0.05, 0) is 25.4 Å². The molecule has 0 saturated heterocycles. The minimum atomic E-state index is -0.241. The molecule has 1 unspecified atom stereocenters. The fraction of sp³-hybridized carbons (Fsp3) is 0.500. The second-order valence-electron chi connectivity index (χ2n) is 3.39. The van der Waals surface area contributed by atoms with E-state index in [9.17, 15) is 4.79 Å². The quantitative estimate of drug-likeness (QED) is 0.806. The number of primary amides is 1. The largest absolute Gasteiger partial charge is 0.370 e. The Morgan fingerprint density at radius 3 is 2.93 bits per heavy atom. The Balaban J connectivity index is 2.44. The van der Waals surface area contributed by atoms with Crippen LogP contribution in [-0.4, -0.2) is 24.4 Å². The van der Waals surface area contributed by atoms with Crippen LogP contribution < -0.4 is 5.73 Å². The molecule has 1 heterocycles. The van der Waals surface area contributed by atoms with Gasteiger partial charge in [0.2, 0.25) is 5.91 Å². The first-order chi connectivity index (χ1) is 6.61. The summed E-state index contributed by atoms with van der Waals surface area (Å²) < 4.78 is 0. The van der Waals surface area contributed by atoms with E-state index in [2.05, 4.69) is 23.3 Å². The zero-order valence-corrected chi connectivity index (χ0v) is 9.38. The van der Waals surface area contributed by atoms with Crippen LogP contribution in [0.3, 0.4) is 0 Å². The summed E-state index contributed by atoms with van der Waals surface area (Å²) >= 11 is 1.74. The summed E-state index contributed by atoms with van der Waals surface area (Å²) in [6.45, 7) is 2.85. The molecule has 4 heteroatoms. The molecule has 1 aromatic rings. The van der Waals surface area contributed by atoms with Crippen molar-refractivity contribution in [3.05, 3.63) is 22.4 Å². The lowest BCUT2D eigenvalue weighted by Crippen LogP contribution is -2.26. The number of hydrogen-bond acceptors (Lipinski definition) is 3. The number of carbonyl (C=O) groups excluding carboxylic acids is 1. The average Bonchev–Trinajstić information content (AvgIpc) is 2.65. The molecule has 0 aliphatic rings. The molecule has 0 spiro atoms. The number of amides is 1. The third kappa shape index (κ3) is 3.12. The molecule has 1 aromatic heterocycles. The highest BCUT2D eigenvalue weighted by Gasteiger charge is 2.12. The van der Waals surface area contributed by atoms with Crippen LogP contribution in [0.2, 0.25) is 0 Å². The van der Waals surface area contributed by atoms with Crippen molar-refractivity contribution < 1.29 is 4.79 Å². The molecule has 0 aliphatic heterocycles. The van der Waals surface area contributed by atoms with E-state index in [4.69, 9.17) is 5.73 Å². The van der Waals surface area contributed by atoms with Gasteiger partial charge in [0.05, 0.1) is 0 Å². The summed E-state index contributed by atoms with van der Waals surface area (Å²) in [7, 11) is 2.01. The zero-order valence-electron chi connectivity index (χ0n) is 8.56. The van der Waals surface area contributed by atoms with Crippen molar-refractivity contribution >= 4 is 17.2 Å². The molecule has 0 saturated carbocycles. The van der Waals surface area contributed by atoms with Crippen LogP contribution in [-0.2, 0) is 4.79 Å². The molecule has 1 amide bonds. The summed E-state index contributed by atoms with van der Waals surface area (Å²) in [5.41, 5.74) is 5.10. The van der Waals surface area contributed by atoms with Crippen molar-refractivity contribution in [2.24, 2.45) is 5.73 Å². The minimum Gasteiger partial charge on any atom is -0.370 e. The smallest absolute Gasteiger partial charge is 0.218 e. The Kier molecular flexibility index (Phi) is 4.10. The SMILES string of the molecule is CC(c1cccs1)N(C)CCC(N)=O. The van der Waals surface area contributed by atoms with Gasteiger partial charge >= 0.3 is 0 Å². The van der Waals surface area contributed by atoms with Gasteiger partial charge in [0.1, 0.15) is 0 Å². The van der Waals surface area contributed by atoms with Crippen LogP contribution >= 0.6 is 11.3 Å². The molecule has 0 aliphatic carbocycles. The molecule has 0 fully saturated rings. The second kappa shape index (κ2) is 5.12. The van der Waals surface area contributed by atoms with E-state index in [1.165, 1.54) is 4.88 Å². The molecule has 3 nitrogen and oxygen atoms in total. The molecular weight excluding hydrogens is 196 g/mol. The molecule has 0 bridgehead atoms. The van der Waals surface area contributed by atoms with Crippen molar-refractivity contribution in [2.45, 2.75) is 19.4 Å². The molecule has 78 valence electrons. The van der Waals surface area contributed by atoms with E-state index in [-0.39, 0.29) is 5.91 Å². The summed E-state index contributed by atoms with van der Waals surface area (Å²) in [4.78, 5) is 14.1. The summed E-state index contributed by atoms with van der Waals surface area (Å²) in [6, 6.07) is 4.50. The Bertz CT molecular complexity index is 284. The van der Waals surface area contributed by atoms with Gasteiger partial charge in [-0.2, -0.15) is 0 Å². The van der Waals surface area contributed by atoms with Gasteiger partial charge in [0.25, 0.3) is 0 Å². The number of nitrogens with two attached hydrogens (primary N) is 1. The first-order valence-corrected chi connectivity index (χ1v) is 5.51. The normalized spacial score (nSPS) is 13.1.